The summed E-state index contributed by atoms with van der Waals surface area (Å²) in [6.07, 6.45) is 0.777. The van der Waals surface area contributed by atoms with Crippen molar-refractivity contribution >= 4 is 28.8 Å². The number of rotatable bonds is 8. The number of aliphatic hydroxyl groups excluding tert-OH is 1. The molecule has 1 aromatic heterocycles. The molecular weight excluding hydrogens is 400 g/mol. The molecule has 0 unspecified atom stereocenters. The molecule has 1 aliphatic rings. The molecule has 1 aliphatic heterocycles. The smallest absolute Gasteiger partial charge is 0.295 e. The fourth-order valence-corrected chi connectivity index (χ4v) is 4.38. The van der Waals surface area contributed by atoms with Crippen LogP contribution in [0, 0.1) is 0 Å². The van der Waals surface area contributed by atoms with Gasteiger partial charge in [-0.25, -0.2) is 0 Å². The maximum Gasteiger partial charge on any atom is 0.295 e. The quantitative estimate of drug-likeness (QED) is 0.392. The van der Waals surface area contributed by atoms with E-state index in [1.807, 2.05) is 50.4 Å². The summed E-state index contributed by atoms with van der Waals surface area (Å²) in [5.74, 6) is -0.676. The van der Waals surface area contributed by atoms with Crippen molar-refractivity contribution in [2.24, 2.45) is 0 Å². The average molecular weight is 429 g/mol. The second kappa shape index (κ2) is 9.45. The van der Waals surface area contributed by atoms with Crippen LogP contribution < -0.4 is 4.74 Å². The zero-order chi connectivity index (χ0) is 21.8. The largest absolute Gasteiger partial charge is 0.507 e. The highest BCUT2D eigenvalue weighted by atomic mass is 32.1. The Morgan fingerprint density at radius 2 is 1.90 bits per heavy atom. The molecule has 160 valence electrons. The Bertz CT molecular complexity index is 917. The van der Waals surface area contributed by atoms with Gasteiger partial charge in [-0.15, -0.1) is 11.3 Å². The number of amides is 1. The lowest BCUT2D eigenvalue weighted by atomic mass is 10.00. The first-order valence-corrected chi connectivity index (χ1v) is 10.9. The summed E-state index contributed by atoms with van der Waals surface area (Å²) in [6, 6.07) is 10.1. The standard InChI is InChI=1S/C23H28N2O4S/c1-15(2)29-17-10-8-16(9-11-17)21(26)19-20(18-7-5-14-30-18)25(23(28)22(19)27)13-6-12-24(3)4/h5,7-11,14-15,20,26H,6,12-13H2,1-4H3/b21-19+/t20-/m1/s1. The summed E-state index contributed by atoms with van der Waals surface area (Å²) in [4.78, 5) is 30.2. The SMILES string of the molecule is CC(C)Oc1ccc(/C(O)=C2\C(=O)C(=O)N(CCCN(C)C)[C@@H]2c2cccs2)cc1. The number of nitrogens with zero attached hydrogens (tertiary/aromatic N) is 2. The van der Waals surface area contributed by atoms with Gasteiger partial charge in [0, 0.05) is 17.0 Å². The molecule has 0 saturated carbocycles. The van der Waals surface area contributed by atoms with E-state index in [-0.39, 0.29) is 17.4 Å². The number of ketones is 1. The molecule has 0 radical (unpaired) electrons. The highest BCUT2D eigenvalue weighted by Gasteiger charge is 2.46. The van der Waals surface area contributed by atoms with Crippen LogP contribution in [0.25, 0.3) is 5.76 Å². The van der Waals surface area contributed by atoms with Gasteiger partial charge in [-0.1, -0.05) is 6.07 Å². The Balaban J connectivity index is 1.97. The first-order chi connectivity index (χ1) is 14.3. The van der Waals surface area contributed by atoms with Crippen LogP contribution in [0.15, 0.2) is 47.4 Å². The van der Waals surface area contributed by atoms with E-state index in [4.69, 9.17) is 4.74 Å². The van der Waals surface area contributed by atoms with E-state index in [1.54, 1.807) is 29.2 Å². The van der Waals surface area contributed by atoms with E-state index in [0.717, 1.165) is 17.8 Å². The third-order valence-electron chi connectivity index (χ3n) is 4.86. The van der Waals surface area contributed by atoms with Gasteiger partial charge in [0.2, 0.25) is 0 Å². The Morgan fingerprint density at radius 1 is 1.20 bits per heavy atom. The Hall–Kier alpha value is -2.64. The molecule has 1 atom stereocenters. The number of benzene rings is 1. The summed E-state index contributed by atoms with van der Waals surface area (Å²) in [5, 5.41) is 12.9. The molecule has 2 aromatic rings. The van der Waals surface area contributed by atoms with Gasteiger partial charge < -0.3 is 19.6 Å². The number of ether oxygens (including phenoxy) is 1. The average Bonchev–Trinajstić information content (AvgIpc) is 3.30. The zero-order valence-corrected chi connectivity index (χ0v) is 18.6. The summed E-state index contributed by atoms with van der Waals surface area (Å²) in [7, 11) is 3.94. The molecule has 2 heterocycles. The van der Waals surface area contributed by atoms with Gasteiger partial charge in [0.15, 0.2) is 0 Å². The molecule has 1 amide bonds. The zero-order valence-electron chi connectivity index (χ0n) is 17.8. The lowest BCUT2D eigenvalue weighted by Gasteiger charge is -2.24. The number of Topliss-reactive ketones (excluding diaryl/α,β-unsaturated/α-hetero) is 1. The molecule has 1 aromatic carbocycles. The van der Waals surface area contributed by atoms with Crippen LogP contribution in [-0.2, 0) is 9.59 Å². The Morgan fingerprint density at radius 3 is 2.47 bits per heavy atom. The van der Waals surface area contributed by atoms with Crippen molar-refractivity contribution in [1.29, 1.82) is 0 Å². The summed E-state index contributed by atoms with van der Waals surface area (Å²) < 4.78 is 5.64. The third-order valence-corrected chi connectivity index (χ3v) is 5.78. The van der Waals surface area contributed by atoms with Crippen LogP contribution in [0.5, 0.6) is 5.75 Å². The monoisotopic (exact) mass is 428 g/mol. The fraction of sp³-hybridized carbons (Fsp3) is 0.391. The van der Waals surface area contributed by atoms with Gasteiger partial charge in [-0.3, -0.25) is 9.59 Å². The molecule has 0 aliphatic carbocycles. The topological polar surface area (TPSA) is 70.1 Å². The van der Waals surface area contributed by atoms with E-state index >= 15 is 0 Å². The minimum atomic E-state index is -0.640. The molecule has 1 N–H and O–H groups in total. The van der Waals surface area contributed by atoms with Crippen molar-refractivity contribution < 1.29 is 19.4 Å². The fourth-order valence-electron chi connectivity index (χ4n) is 3.53. The molecule has 1 saturated heterocycles. The van der Waals surface area contributed by atoms with E-state index < -0.39 is 17.7 Å². The van der Waals surface area contributed by atoms with Crippen molar-refractivity contribution in [2.45, 2.75) is 32.4 Å². The molecule has 30 heavy (non-hydrogen) atoms. The van der Waals surface area contributed by atoms with Crippen LogP contribution >= 0.6 is 11.3 Å². The number of carbonyl (C=O) groups is 2. The van der Waals surface area contributed by atoms with Crippen molar-refractivity contribution in [3.05, 3.63) is 57.8 Å². The summed E-state index contributed by atoms with van der Waals surface area (Å²) in [5.41, 5.74) is 0.629. The van der Waals surface area contributed by atoms with Crippen molar-refractivity contribution in [2.75, 3.05) is 27.2 Å². The van der Waals surface area contributed by atoms with Crippen LogP contribution in [0.2, 0.25) is 0 Å². The third kappa shape index (κ3) is 4.74. The van der Waals surface area contributed by atoms with Gasteiger partial charge in [-0.2, -0.15) is 0 Å². The molecular formula is C23H28N2O4S. The van der Waals surface area contributed by atoms with Gasteiger partial charge in [0.25, 0.3) is 11.7 Å². The lowest BCUT2D eigenvalue weighted by Crippen LogP contribution is -2.32. The maximum atomic E-state index is 12.9. The second-order valence-electron chi connectivity index (χ2n) is 7.86. The van der Waals surface area contributed by atoms with E-state index in [1.165, 1.54) is 11.3 Å². The van der Waals surface area contributed by atoms with E-state index in [0.29, 0.717) is 17.9 Å². The van der Waals surface area contributed by atoms with Gasteiger partial charge >= 0.3 is 0 Å². The minimum Gasteiger partial charge on any atom is -0.507 e. The second-order valence-corrected chi connectivity index (χ2v) is 8.83. The van der Waals surface area contributed by atoms with Crippen LogP contribution in [-0.4, -0.2) is 59.9 Å². The summed E-state index contributed by atoms with van der Waals surface area (Å²) >= 11 is 1.47. The number of likely N-dealkylation sites (tertiary alicyclic amines) is 1. The summed E-state index contributed by atoms with van der Waals surface area (Å²) in [6.45, 7) is 5.13. The number of carbonyl (C=O) groups excluding carboxylic acids is 2. The van der Waals surface area contributed by atoms with E-state index in [2.05, 4.69) is 0 Å². The highest BCUT2D eigenvalue weighted by molar-refractivity contribution is 7.10. The number of thiophene rings is 1. The van der Waals surface area contributed by atoms with Gasteiger partial charge in [-0.05, 0) is 76.6 Å². The van der Waals surface area contributed by atoms with Gasteiger partial charge in [0.1, 0.15) is 11.5 Å². The predicted octanol–water partition coefficient (Wildman–Crippen LogP) is 3.91. The van der Waals surface area contributed by atoms with Crippen LogP contribution in [0.4, 0.5) is 0 Å². The molecule has 3 rings (SSSR count). The number of aliphatic hydroxyl groups is 1. The van der Waals surface area contributed by atoms with Crippen molar-refractivity contribution in [3.8, 4) is 5.75 Å². The molecule has 7 heteroatoms. The number of hydrogen-bond donors (Lipinski definition) is 1. The van der Waals surface area contributed by atoms with Crippen molar-refractivity contribution in [1.82, 2.24) is 9.80 Å². The normalized spacial score (nSPS) is 18.6. The number of hydrogen-bond acceptors (Lipinski definition) is 6. The molecule has 0 spiro atoms. The Kier molecular flexibility index (Phi) is 6.95. The Labute approximate surface area is 181 Å². The molecule has 0 bridgehead atoms. The van der Waals surface area contributed by atoms with Crippen molar-refractivity contribution in [3.63, 3.8) is 0 Å². The first kappa shape index (κ1) is 22.1. The maximum absolute atomic E-state index is 12.9. The van der Waals surface area contributed by atoms with Gasteiger partial charge in [0.05, 0.1) is 17.7 Å². The minimum absolute atomic E-state index is 0.0377. The molecule has 1 fully saturated rings. The van der Waals surface area contributed by atoms with Crippen LogP contribution in [0.1, 0.15) is 36.8 Å². The first-order valence-electron chi connectivity index (χ1n) is 10.0. The molecule has 6 nitrogen and oxygen atoms in total. The lowest BCUT2D eigenvalue weighted by molar-refractivity contribution is -0.139. The predicted molar refractivity (Wildman–Crippen MR) is 119 cm³/mol. The van der Waals surface area contributed by atoms with E-state index in [9.17, 15) is 14.7 Å². The highest BCUT2D eigenvalue weighted by Crippen LogP contribution is 2.41. The van der Waals surface area contributed by atoms with Crippen LogP contribution in [0.3, 0.4) is 0 Å².